The van der Waals surface area contributed by atoms with Crippen LogP contribution < -0.4 is 4.72 Å². The number of thiophene rings is 1. The van der Waals surface area contributed by atoms with E-state index in [0.29, 0.717) is 5.92 Å². The Labute approximate surface area is 138 Å². The summed E-state index contributed by atoms with van der Waals surface area (Å²) < 4.78 is 30.6. The van der Waals surface area contributed by atoms with Gasteiger partial charge in [-0.1, -0.05) is 0 Å². The SMILES string of the molecule is O=S(=O)(NC1CC(Cn2ccnc2)C1)c1cnc2ccsc2c1. The largest absolute Gasteiger partial charge is 0.337 e. The molecule has 0 radical (unpaired) electrons. The first-order chi connectivity index (χ1) is 11.1. The van der Waals surface area contributed by atoms with Crippen LogP contribution in [0.4, 0.5) is 0 Å². The maximum Gasteiger partial charge on any atom is 0.242 e. The van der Waals surface area contributed by atoms with Gasteiger partial charge in [0.05, 0.1) is 16.5 Å². The molecule has 3 heterocycles. The van der Waals surface area contributed by atoms with Crippen molar-refractivity contribution in [2.45, 2.75) is 30.3 Å². The summed E-state index contributed by atoms with van der Waals surface area (Å²) in [4.78, 5) is 8.46. The maximum absolute atomic E-state index is 12.5. The monoisotopic (exact) mass is 348 g/mol. The quantitative estimate of drug-likeness (QED) is 0.767. The molecule has 0 spiro atoms. The van der Waals surface area contributed by atoms with E-state index < -0.39 is 10.0 Å². The molecule has 0 atom stereocenters. The number of aromatic nitrogens is 3. The molecule has 1 aliphatic rings. The molecular weight excluding hydrogens is 332 g/mol. The minimum atomic E-state index is -3.50. The molecule has 0 amide bonds. The summed E-state index contributed by atoms with van der Waals surface area (Å²) in [5, 5.41) is 1.91. The van der Waals surface area contributed by atoms with E-state index in [4.69, 9.17) is 0 Å². The molecule has 1 fully saturated rings. The first-order valence-corrected chi connectivity index (χ1v) is 9.78. The van der Waals surface area contributed by atoms with Gasteiger partial charge in [-0.2, -0.15) is 0 Å². The molecule has 1 saturated carbocycles. The lowest BCUT2D eigenvalue weighted by molar-refractivity contribution is 0.220. The molecular formula is C15H16N4O2S2. The van der Waals surface area contributed by atoms with E-state index in [-0.39, 0.29) is 10.9 Å². The summed E-state index contributed by atoms with van der Waals surface area (Å²) in [7, 11) is -3.50. The average molecular weight is 348 g/mol. The highest BCUT2D eigenvalue weighted by atomic mass is 32.2. The van der Waals surface area contributed by atoms with Crippen LogP contribution in [0.25, 0.3) is 10.2 Å². The Morgan fingerprint density at radius 1 is 1.39 bits per heavy atom. The average Bonchev–Trinajstić information content (AvgIpc) is 3.15. The summed E-state index contributed by atoms with van der Waals surface area (Å²) in [5.41, 5.74) is 0.831. The fourth-order valence-electron chi connectivity index (χ4n) is 2.94. The van der Waals surface area contributed by atoms with Crippen molar-refractivity contribution in [2.75, 3.05) is 0 Å². The molecule has 3 aromatic heterocycles. The van der Waals surface area contributed by atoms with E-state index in [2.05, 4.69) is 14.7 Å². The van der Waals surface area contributed by atoms with E-state index in [1.165, 1.54) is 17.5 Å². The normalized spacial score (nSPS) is 21.4. The molecule has 0 bridgehead atoms. The Hall–Kier alpha value is -1.77. The number of rotatable bonds is 5. The first-order valence-electron chi connectivity index (χ1n) is 7.41. The van der Waals surface area contributed by atoms with Crippen LogP contribution in [-0.4, -0.2) is 29.0 Å². The molecule has 0 saturated heterocycles. The molecule has 23 heavy (non-hydrogen) atoms. The van der Waals surface area contributed by atoms with Crippen molar-refractivity contribution in [3.05, 3.63) is 42.4 Å². The topological polar surface area (TPSA) is 76.9 Å². The Morgan fingerprint density at radius 2 is 2.26 bits per heavy atom. The maximum atomic E-state index is 12.5. The van der Waals surface area contributed by atoms with Crippen molar-refractivity contribution in [2.24, 2.45) is 5.92 Å². The Bertz CT molecular complexity index is 912. The summed E-state index contributed by atoms with van der Waals surface area (Å²) in [5.74, 6) is 0.495. The third-order valence-electron chi connectivity index (χ3n) is 4.17. The predicted molar refractivity (Wildman–Crippen MR) is 88.7 cm³/mol. The number of hydrogen-bond donors (Lipinski definition) is 1. The highest BCUT2D eigenvalue weighted by Gasteiger charge is 2.33. The van der Waals surface area contributed by atoms with Crippen molar-refractivity contribution in [1.29, 1.82) is 0 Å². The van der Waals surface area contributed by atoms with Crippen molar-refractivity contribution < 1.29 is 8.42 Å². The summed E-state index contributed by atoms with van der Waals surface area (Å²) in [6, 6.07) is 3.58. The molecule has 4 rings (SSSR count). The third-order valence-corrected chi connectivity index (χ3v) is 6.51. The van der Waals surface area contributed by atoms with E-state index in [0.717, 1.165) is 29.6 Å². The number of nitrogens with zero attached hydrogens (tertiary/aromatic N) is 3. The lowest BCUT2D eigenvalue weighted by Gasteiger charge is -2.35. The number of fused-ring (bicyclic) bond motifs is 1. The fraction of sp³-hybridized carbons (Fsp3) is 0.333. The van der Waals surface area contributed by atoms with Gasteiger partial charge in [-0.15, -0.1) is 11.3 Å². The smallest absolute Gasteiger partial charge is 0.242 e. The van der Waals surface area contributed by atoms with Crippen LogP contribution in [0.3, 0.4) is 0 Å². The minimum absolute atomic E-state index is 0.00699. The van der Waals surface area contributed by atoms with Crippen LogP contribution >= 0.6 is 11.3 Å². The van der Waals surface area contributed by atoms with Crippen LogP contribution in [0.15, 0.2) is 47.3 Å². The molecule has 1 N–H and O–H groups in total. The van der Waals surface area contributed by atoms with Crippen LogP contribution in [0, 0.1) is 5.92 Å². The third kappa shape index (κ3) is 3.01. The molecule has 120 valence electrons. The minimum Gasteiger partial charge on any atom is -0.337 e. The van der Waals surface area contributed by atoms with Gasteiger partial charge in [0.25, 0.3) is 0 Å². The number of imidazole rings is 1. The first kappa shape index (κ1) is 14.8. The van der Waals surface area contributed by atoms with Gasteiger partial charge in [0, 0.05) is 31.2 Å². The Kier molecular flexibility index (Phi) is 3.67. The second-order valence-corrected chi connectivity index (χ2v) is 8.55. The molecule has 0 unspecified atom stereocenters. The molecule has 3 aromatic rings. The van der Waals surface area contributed by atoms with Crippen molar-refractivity contribution >= 4 is 31.6 Å². The van der Waals surface area contributed by atoms with Crippen molar-refractivity contribution in [3.63, 3.8) is 0 Å². The zero-order valence-electron chi connectivity index (χ0n) is 12.3. The van der Waals surface area contributed by atoms with Crippen LogP contribution in [-0.2, 0) is 16.6 Å². The van der Waals surface area contributed by atoms with Gasteiger partial charge in [-0.05, 0) is 36.3 Å². The number of sulfonamides is 1. The standard InChI is InChI=1S/C15H16N4O2S2/c20-23(21,13-7-15-14(17-8-13)1-4-22-15)18-12-5-11(6-12)9-19-3-2-16-10-19/h1-4,7-8,10-12,18H,5-6,9H2. The van der Waals surface area contributed by atoms with Crippen LogP contribution in [0.2, 0.25) is 0 Å². The Balaban J connectivity index is 1.40. The van der Waals surface area contributed by atoms with Crippen molar-refractivity contribution in [3.8, 4) is 0 Å². The van der Waals surface area contributed by atoms with Crippen LogP contribution in [0.1, 0.15) is 12.8 Å². The molecule has 6 nitrogen and oxygen atoms in total. The van der Waals surface area contributed by atoms with Gasteiger partial charge >= 0.3 is 0 Å². The lowest BCUT2D eigenvalue weighted by Crippen LogP contribution is -2.45. The van der Waals surface area contributed by atoms with E-state index in [1.54, 1.807) is 18.6 Å². The van der Waals surface area contributed by atoms with Gasteiger partial charge in [-0.25, -0.2) is 18.1 Å². The zero-order chi connectivity index (χ0) is 15.9. The fourth-order valence-corrected chi connectivity index (χ4v) is 5.02. The second kappa shape index (κ2) is 5.70. The number of hydrogen-bond acceptors (Lipinski definition) is 5. The molecule has 0 aromatic carbocycles. The predicted octanol–water partition coefficient (Wildman–Crippen LogP) is 2.25. The van der Waals surface area contributed by atoms with E-state index in [9.17, 15) is 8.42 Å². The number of nitrogens with one attached hydrogen (secondary N) is 1. The van der Waals surface area contributed by atoms with Gasteiger partial charge in [0.15, 0.2) is 0 Å². The Morgan fingerprint density at radius 3 is 3.04 bits per heavy atom. The molecule has 8 heteroatoms. The van der Waals surface area contributed by atoms with Gasteiger partial charge in [-0.3, -0.25) is 4.98 Å². The van der Waals surface area contributed by atoms with E-state index >= 15 is 0 Å². The summed E-state index contributed by atoms with van der Waals surface area (Å²) >= 11 is 1.50. The summed E-state index contributed by atoms with van der Waals surface area (Å²) in [6.07, 6.45) is 8.61. The lowest BCUT2D eigenvalue weighted by atomic mass is 9.81. The highest BCUT2D eigenvalue weighted by molar-refractivity contribution is 7.89. The zero-order valence-corrected chi connectivity index (χ0v) is 13.9. The molecule has 0 aliphatic heterocycles. The summed E-state index contributed by atoms with van der Waals surface area (Å²) in [6.45, 7) is 0.890. The van der Waals surface area contributed by atoms with E-state index in [1.807, 2.05) is 22.2 Å². The number of pyridine rings is 1. The van der Waals surface area contributed by atoms with Crippen LogP contribution in [0.5, 0.6) is 0 Å². The van der Waals surface area contributed by atoms with Gasteiger partial charge in [0.1, 0.15) is 4.90 Å². The second-order valence-electron chi connectivity index (χ2n) is 5.89. The van der Waals surface area contributed by atoms with Gasteiger partial charge in [0.2, 0.25) is 10.0 Å². The van der Waals surface area contributed by atoms with Crippen molar-refractivity contribution in [1.82, 2.24) is 19.3 Å². The van der Waals surface area contributed by atoms with Gasteiger partial charge < -0.3 is 4.57 Å². The molecule has 1 aliphatic carbocycles. The highest BCUT2D eigenvalue weighted by Crippen LogP contribution is 2.30.